The molecule has 0 radical (unpaired) electrons. The zero-order chi connectivity index (χ0) is 25.4. The van der Waals surface area contributed by atoms with E-state index in [1.807, 2.05) is 36.4 Å². The van der Waals surface area contributed by atoms with E-state index in [2.05, 4.69) is 34.3 Å². The Balaban J connectivity index is 1.44. The summed E-state index contributed by atoms with van der Waals surface area (Å²) in [7, 11) is 0. The molecule has 1 atom stereocenters. The van der Waals surface area contributed by atoms with Gasteiger partial charge in [-0.25, -0.2) is 4.79 Å². The van der Waals surface area contributed by atoms with Gasteiger partial charge >= 0.3 is 6.03 Å². The van der Waals surface area contributed by atoms with Gasteiger partial charge in [-0.2, -0.15) is 0 Å². The highest BCUT2D eigenvalue weighted by molar-refractivity contribution is 6.07. The van der Waals surface area contributed by atoms with Crippen LogP contribution < -0.4 is 5.32 Å². The Hall–Kier alpha value is -3.92. The molecule has 36 heavy (non-hydrogen) atoms. The summed E-state index contributed by atoms with van der Waals surface area (Å²) in [6, 6.07) is 15.3. The lowest BCUT2D eigenvalue weighted by Crippen LogP contribution is -2.56. The lowest BCUT2D eigenvalue weighted by atomic mass is 9.74. The van der Waals surface area contributed by atoms with Gasteiger partial charge in [-0.05, 0) is 68.7 Å². The molecule has 2 aromatic rings. The van der Waals surface area contributed by atoms with E-state index in [9.17, 15) is 14.4 Å². The Morgan fingerprint density at radius 3 is 2.58 bits per heavy atom. The third-order valence-corrected chi connectivity index (χ3v) is 7.08. The Labute approximate surface area is 212 Å². The summed E-state index contributed by atoms with van der Waals surface area (Å²) in [6.45, 7) is 2.86. The van der Waals surface area contributed by atoms with Crippen molar-refractivity contribution in [3.8, 4) is 11.8 Å². The number of nitrogens with one attached hydrogen (secondary N) is 1. The maximum Gasteiger partial charge on any atom is 0.325 e. The smallest absolute Gasteiger partial charge is 0.325 e. The average molecular weight is 485 g/mol. The van der Waals surface area contributed by atoms with Gasteiger partial charge in [0.1, 0.15) is 5.54 Å². The number of pyridine rings is 1. The van der Waals surface area contributed by atoms with Gasteiger partial charge in [-0.3, -0.25) is 19.5 Å². The zero-order valence-corrected chi connectivity index (χ0v) is 20.7. The number of piperidine rings is 1. The predicted octanol–water partition coefficient (Wildman–Crippen LogP) is 3.67. The molecular weight excluding hydrogens is 452 g/mol. The molecule has 1 aromatic carbocycles. The molecule has 2 aliphatic rings. The van der Waals surface area contributed by atoms with Crippen LogP contribution in [-0.4, -0.2) is 57.8 Å². The van der Waals surface area contributed by atoms with Crippen molar-refractivity contribution in [2.24, 2.45) is 5.92 Å². The predicted molar refractivity (Wildman–Crippen MR) is 138 cm³/mol. The number of carbonyl (C=O) groups excluding carboxylic acids is 3. The summed E-state index contributed by atoms with van der Waals surface area (Å²) in [6.07, 6.45) is 8.40. The fourth-order valence-electron chi connectivity index (χ4n) is 5.14. The van der Waals surface area contributed by atoms with Crippen molar-refractivity contribution in [2.75, 3.05) is 19.6 Å². The van der Waals surface area contributed by atoms with Crippen LogP contribution in [0, 0.1) is 17.8 Å². The monoisotopic (exact) mass is 484 g/mol. The van der Waals surface area contributed by atoms with E-state index < -0.39 is 5.54 Å². The van der Waals surface area contributed by atoms with E-state index in [1.54, 1.807) is 30.2 Å². The Bertz CT molecular complexity index is 1160. The second-order valence-electron chi connectivity index (χ2n) is 9.25. The number of urea groups is 1. The summed E-state index contributed by atoms with van der Waals surface area (Å²) in [5.41, 5.74) is 0.978. The van der Waals surface area contributed by atoms with Crippen LogP contribution in [0.2, 0.25) is 0 Å². The minimum absolute atomic E-state index is 0.0480. The van der Waals surface area contributed by atoms with Crippen molar-refractivity contribution in [1.29, 1.82) is 0 Å². The first kappa shape index (κ1) is 25.2. The van der Waals surface area contributed by atoms with E-state index in [4.69, 9.17) is 0 Å². The Morgan fingerprint density at radius 2 is 1.89 bits per heavy atom. The number of nitrogens with zero attached hydrogens (tertiary/aromatic N) is 3. The average Bonchev–Trinajstić information content (AvgIpc) is 3.16. The summed E-state index contributed by atoms with van der Waals surface area (Å²) in [4.78, 5) is 46.5. The van der Waals surface area contributed by atoms with Crippen LogP contribution >= 0.6 is 0 Å². The summed E-state index contributed by atoms with van der Waals surface area (Å²) < 4.78 is 0. The summed E-state index contributed by atoms with van der Waals surface area (Å²) in [5.74, 6) is 5.31. The van der Waals surface area contributed by atoms with Gasteiger partial charge in [0, 0.05) is 25.4 Å². The molecule has 186 valence electrons. The van der Waals surface area contributed by atoms with Crippen molar-refractivity contribution >= 4 is 23.9 Å². The molecular formula is C29H32N4O3. The van der Waals surface area contributed by atoms with E-state index in [0.717, 1.165) is 18.5 Å². The zero-order valence-electron chi connectivity index (χ0n) is 20.7. The van der Waals surface area contributed by atoms with Crippen LogP contribution in [0.25, 0.3) is 6.08 Å². The topological polar surface area (TPSA) is 82.6 Å². The summed E-state index contributed by atoms with van der Waals surface area (Å²) in [5, 5.41) is 3.07. The van der Waals surface area contributed by atoms with E-state index in [0.29, 0.717) is 32.4 Å². The van der Waals surface area contributed by atoms with Crippen molar-refractivity contribution in [3.63, 3.8) is 0 Å². The highest BCUT2D eigenvalue weighted by Gasteiger charge is 2.55. The molecule has 1 aromatic heterocycles. The van der Waals surface area contributed by atoms with Crippen LogP contribution in [0.15, 0.2) is 60.8 Å². The van der Waals surface area contributed by atoms with Gasteiger partial charge in [0.2, 0.25) is 5.91 Å². The molecule has 0 aliphatic carbocycles. The maximum absolute atomic E-state index is 13.6. The Kier molecular flexibility index (Phi) is 8.17. The van der Waals surface area contributed by atoms with Crippen LogP contribution in [0.5, 0.6) is 0 Å². The van der Waals surface area contributed by atoms with Crippen LogP contribution in [0.3, 0.4) is 0 Å². The third-order valence-electron chi connectivity index (χ3n) is 7.08. The number of hydrogen-bond donors (Lipinski definition) is 1. The van der Waals surface area contributed by atoms with Gasteiger partial charge in [0.05, 0.1) is 12.2 Å². The quantitative estimate of drug-likeness (QED) is 0.352. The lowest BCUT2D eigenvalue weighted by molar-refractivity contribution is -0.134. The molecule has 1 N–H and O–H groups in total. The van der Waals surface area contributed by atoms with Crippen molar-refractivity contribution in [2.45, 2.75) is 44.6 Å². The van der Waals surface area contributed by atoms with E-state index in [1.165, 1.54) is 10.5 Å². The molecule has 7 nitrogen and oxygen atoms in total. The molecule has 3 heterocycles. The van der Waals surface area contributed by atoms with Gasteiger partial charge in [-0.1, -0.05) is 42.3 Å². The standard InChI is InChI=1S/C29H32N4O3/c1-2-3-20-33-27(35)29(31-28(33)36,18-9-12-23-10-5-4-6-11-23)24-16-21-32(22-17-24)26(34)15-14-25-13-7-8-19-30-25/h4-8,10-11,13-15,19,24H,9,12,16-18,20-22H2,1H3,(H,31,36)/b15-14+/t29-/m0/s1. The fourth-order valence-corrected chi connectivity index (χ4v) is 5.14. The van der Waals surface area contributed by atoms with Gasteiger partial charge < -0.3 is 10.2 Å². The number of carbonyl (C=O) groups is 3. The highest BCUT2D eigenvalue weighted by Crippen LogP contribution is 2.37. The fraction of sp³-hybridized carbons (Fsp3) is 0.379. The second-order valence-corrected chi connectivity index (χ2v) is 9.25. The van der Waals surface area contributed by atoms with Gasteiger partial charge in [-0.15, -0.1) is 5.92 Å². The van der Waals surface area contributed by atoms with Gasteiger partial charge in [0.25, 0.3) is 5.91 Å². The SMILES string of the molecule is CC#CCN1C(=O)N[C@@](CCCc2ccccc2)(C2CCN(C(=O)/C=C/c3ccccn3)CC2)C1=O. The number of rotatable bonds is 8. The van der Waals surface area contributed by atoms with Gasteiger partial charge in [0.15, 0.2) is 0 Å². The molecule has 4 amide bonds. The first-order chi connectivity index (χ1) is 17.5. The second kappa shape index (κ2) is 11.7. The van der Waals surface area contributed by atoms with Crippen LogP contribution in [0.1, 0.15) is 43.9 Å². The minimum Gasteiger partial charge on any atom is -0.339 e. The molecule has 2 saturated heterocycles. The molecule has 2 fully saturated rings. The number of aromatic nitrogens is 1. The number of hydrogen-bond acceptors (Lipinski definition) is 4. The highest BCUT2D eigenvalue weighted by atomic mass is 16.2. The summed E-state index contributed by atoms with van der Waals surface area (Å²) >= 11 is 0. The molecule has 0 spiro atoms. The van der Waals surface area contributed by atoms with Crippen molar-refractivity contribution in [3.05, 3.63) is 72.1 Å². The number of amides is 4. The number of imide groups is 1. The molecule has 0 unspecified atom stereocenters. The molecule has 4 rings (SSSR count). The third kappa shape index (κ3) is 5.65. The number of aryl methyl sites for hydroxylation is 1. The number of likely N-dealkylation sites (tertiary alicyclic amines) is 1. The Morgan fingerprint density at radius 1 is 1.14 bits per heavy atom. The van der Waals surface area contributed by atoms with Crippen molar-refractivity contribution in [1.82, 2.24) is 20.1 Å². The lowest BCUT2D eigenvalue weighted by Gasteiger charge is -2.40. The minimum atomic E-state index is -0.958. The van der Waals surface area contributed by atoms with E-state index >= 15 is 0 Å². The molecule has 0 saturated carbocycles. The van der Waals surface area contributed by atoms with E-state index in [-0.39, 0.29) is 30.3 Å². The van der Waals surface area contributed by atoms with Crippen LogP contribution in [0.4, 0.5) is 4.79 Å². The first-order valence-electron chi connectivity index (χ1n) is 12.5. The molecule has 0 bridgehead atoms. The molecule has 2 aliphatic heterocycles. The number of benzene rings is 1. The maximum atomic E-state index is 13.6. The largest absolute Gasteiger partial charge is 0.339 e. The van der Waals surface area contributed by atoms with Crippen molar-refractivity contribution < 1.29 is 14.4 Å². The normalized spacial score (nSPS) is 20.4. The first-order valence-corrected chi connectivity index (χ1v) is 12.5. The molecule has 7 heteroatoms. The van der Waals surface area contributed by atoms with Crippen LogP contribution in [-0.2, 0) is 16.0 Å².